The number of methoxy groups -OCH3 is 1. The van der Waals surface area contributed by atoms with Gasteiger partial charge in [0.2, 0.25) is 0 Å². The summed E-state index contributed by atoms with van der Waals surface area (Å²) in [5, 5.41) is 10.1. The van der Waals surface area contributed by atoms with Gasteiger partial charge in [-0.15, -0.1) is 24.0 Å². The van der Waals surface area contributed by atoms with E-state index in [0.29, 0.717) is 24.1 Å². The van der Waals surface area contributed by atoms with Crippen LogP contribution in [0, 0.1) is 6.92 Å². The average Bonchev–Trinajstić information content (AvgIpc) is 3.07. The maximum atomic E-state index is 5.98. The van der Waals surface area contributed by atoms with Crippen molar-refractivity contribution >= 4 is 35.6 Å². The number of nitrogens with zero attached hydrogens (tertiary/aromatic N) is 3. The Balaban J connectivity index is 0.00000243. The Morgan fingerprint density at radius 1 is 1.23 bits per heavy atom. The number of hydrogen-bond donors (Lipinski definition) is 3. The van der Waals surface area contributed by atoms with Gasteiger partial charge in [0, 0.05) is 5.56 Å². The van der Waals surface area contributed by atoms with E-state index in [1.54, 1.807) is 7.11 Å². The van der Waals surface area contributed by atoms with E-state index in [1.165, 1.54) is 0 Å². The van der Waals surface area contributed by atoms with Crippen LogP contribution in [0.5, 0.6) is 5.75 Å². The maximum Gasteiger partial charge on any atom is 0.193 e. The van der Waals surface area contributed by atoms with Gasteiger partial charge in [0.1, 0.15) is 11.6 Å². The van der Waals surface area contributed by atoms with Gasteiger partial charge in [-0.2, -0.15) is 5.10 Å². The van der Waals surface area contributed by atoms with Crippen molar-refractivity contribution in [1.82, 2.24) is 15.2 Å². The molecule has 26 heavy (non-hydrogen) atoms. The molecular formula is C18H21IN6O. The third-order valence-corrected chi connectivity index (χ3v) is 3.58. The van der Waals surface area contributed by atoms with E-state index in [-0.39, 0.29) is 24.0 Å². The second-order valence-electron chi connectivity index (χ2n) is 5.47. The summed E-state index contributed by atoms with van der Waals surface area (Å²) in [5.41, 5.74) is 8.71. The van der Waals surface area contributed by atoms with Gasteiger partial charge in [-0.25, -0.2) is 9.98 Å². The third kappa shape index (κ3) is 4.94. The molecule has 2 aromatic carbocycles. The first kappa shape index (κ1) is 19.7. The fourth-order valence-corrected chi connectivity index (χ4v) is 2.38. The molecule has 3 aromatic rings. The van der Waals surface area contributed by atoms with Crippen molar-refractivity contribution in [2.45, 2.75) is 13.5 Å². The van der Waals surface area contributed by atoms with Crippen LogP contribution in [0.15, 0.2) is 53.5 Å². The largest absolute Gasteiger partial charge is 0.495 e. The van der Waals surface area contributed by atoms with Gasteiger partial charge in [0.25, 0.3) is 0 Å². The number of para-hydroxylation sites is 2. The number of aliphatic imine (C=N–C) groups is 1. The number of rotatable bonds is 5. The predicted octanol–water partition coefficient (Wildman–Crippen LogP) is 3.33. The molecular weight excluding hydrogens is 443 g/mol. The van der Waals surface area contributed by atoms with Gasteiger partial charge < -0.3 is 15.8 Å². The molecule has 0 radical (unpaired) electrons. The Morgan fingerprint density at radius 2 is 2.04 bits per heavy atom. The molecule has 0 fully saturated rings. The van der Waals surface area contributed by atoms with Crippen molar-refractivity contribution in [3.63, 3.8) is 0 Å². The molecule has 0 unspecified atom stereocenters. The van der Waals surface area contributed by atoms with E-state index < -0.39 is 0 Å². The molecule has 0 atom stereocenters. The minimum atomic E-state index is 0. The van der Waals surface area contributed by atoms with Crippen LogP contribution >= 0.6 is 24.0 Å². The average molecular weight is 464 g/mol. The molecule has 0 bridgehead atoms. The van der Waals surface area contributed by atoms with Crippen molar-refractivity contribution in [2.75, 3.05) is 12.4 Å². The van der Waals surface area contributed by atoms with Crippen LogP contribution in [-0.2, 0) is 6.54 Å². The minimum absolute atomic E-state index is 0. The first-order valence-electron chi connectivity index (χ1n) is 7.84. The quantitative estimate of drug-likeness (QED) is 0.306. The zero-order chi connectivity index (χ0) is 17.6. The van der Waals surface area contributed by atoms with Gasteiger partial charge in [-0.1, -0.05) is 30.3 Å². The van der Waals surface area contributed by atoms with E-state index in [2.05, 4.69) is 25.5 Å². The number of anilines is 1. The number of H-pyrrole nitrogens is 1. The normalized spacial score (nSPS) is 10.9. The number of hydrogen-bond acceptors (Lipinski definition) is 4. The lowest BCUT2D eigenvalue weighted by atomic mass is 10.1. The fraction of sp³-hybridized carbons (Fsp3) is 0.167. The van der Waals surface area contributed by atoms with Crippen LogP contribution in [0.25, 0.3) is 11.4 Å². The molecule has 7 nitrogen and oxygen atoms in total. The molecule has 0 saturated heterocycles. The van der Waals surface area contributed by atoms with Crippen LogP contribution in [0.3, 0.4) is 0 Å². The van der Waals surface area contributed by atoms with E-state index in [9.17, 15) is 0 Å². The highest BCUT2D eigenvalue weighted by Gasteiger charge is 2.05. The van der Waals surface area contributed by atoms with Crippen molar-refractivity contribution in [2.24, 2.45) is 10.7 Å². The molecule has 0 aliphatic rings. The van der Waals surface area contributed by atoms with Crippen molar-refractivity contribution in [1.29, 1.82) is 0 Å². The summed E-state index contributed by atoms with van der Waals surface area (Å²) in [6.07, 6.45) is 0. The minimum Gasteiger partial charge on any atom is -0.495 e. The molecule has 1 heterocycles. The standard InChI is InChI=1S/C18H20N6O.HI/c1-12-21-17(24-23-12)14-7-5-6-13(10-14)11-20-18(19)22-15-8-3-4-9-16(15)25-2;/h3-10H,11H2,1-2H3,(H3,19,20,22)(H,21,23,24);1H. The highest BCUT2D eigenvalue weighted by atomic mass is 127. The molecule has 4 N–H and O–H groups in total. The van der Waals surface area contributed by atoms with Crippen LogP contribution in [-0.4, -0.2) is 28.3 Å². The summed E-state index contributed by atoms with van der Waals surface area (Å²) in [4.78, 5) is 8.72. The monoisotopic (exact) mass is 464 g/mol. The van der Waals surface area contributed by atoms with Gasteiger partial charge in [-0.05, 0) is 30.7 Å². The number of benzene rings is 2. The first-order chi connectivity index (χ1) is 12.2. The molecule has 0 amide bonds. The summed E-state index contributed by atoms with van der Waals surface area (Å²) >= 11 is 0. The maximum absolute atomic E-state index is 5.98. The number of aromatic amines is 1. The highest BCUT2D eigenvalue weighted by Crippen LogP contribution is 2.22. The van der Waals surface area contributed by atoms with Crippen molar-refractivity contribution < 1.29 is 4.74 Å². The van der Waals surface area contributed by atoms with Crippen molar-refractivity contribution in [3.05, 3.63) is 59.9 Å². The third-order valence-electron chi connectivity index (χ3n) is 3.58. The van der Waals surface area contributed by atoms with E-state index >= 15 is 0 Å². The Kier molecular flexibility index (Phi) is 6.96. The molecule has 0 aliphatic heterocycles. The number of halogens is 1. The van der Waals surface area contributed by atoms with Gasteiger partial charge >= 0.3 is 0 Å². The predicted molar refractivity (Wildman–Crippen MR) is 114 cm³/mol. The lowest BCUT2D eigenvalue weighted by Crippen LogP contribution is -2.22. The summed E-state index contributed by atoms with van der Waals surface area (Å²) in [6, 6.07) is 15.5. The second-order valence-corrected chi connectivity index (χ2v) is 5.47. The molecule has 8 heteroatoms. The van der Waals surface area contributed by atoms with Gasteiger partial charge in [0.05, 0.1) is 19.3 Å². The molecule has 0 saturated carbocycles. The Morgan fingerprint density at radius 3 is 2.77 bits per heavy atom. The molecule has 3 rings (SSSR count). The Bertz CT molecular complexity index is 893. The first-order valence-corrected chi connectivity index (χ1v) is 7.84. The Hall–Kier alpha value is -2.62. The van der Waals surface area contributed by atoms with Crippen molar-refractivity contribution in [3.8, 4) is 17.1 Å². The highest BCUT2D eigenvalue weighted by molar-refractivity contribution is 14.0. The Labute approximate surface area is 169 Å². The molecule has 0 spiro atoms. The zero-order valence-electron chi connectivity index (χ0n) is 14.6. The topological polar surface area (TPSA) is 101 Å². The number of nitrogens with one attached hydrogen (secondary N) is 2. The molecule has 136 valence electrons. The smallest absolute Gasteiger partial charge is 0.193 e. The van der Waals surface area contributed by atoms with E-state index in [0.717, 1.165) is 22.6 Å². The van der Waals surface area contributed by atoms with E-state index in [1.807, 2.05) is 55.5 Å². The van der Waals surface area contributed by atoms with E-state index in [4.69, 9.17) is 10.5 Å². The lowest BCUT2D eigenvalue weighted by Gasteiger charge is -2.10. The van der Waals surface area contributed by atoms with Crippen LogP contribution in [0.1, 0.15) is 11.4 Å². The van der Waals surface area contributed by atoms with Crippen LogP contribution in [0.2, 0.25) is 0 Å². The second kappa shape index (κ2) is 9.18. The van der Waals surface area contributed by atoms with Crippen LogP contribution in [0.4, 0.5) is 5.69 Å². The zero-order valence-corrected chi connectivity index (χ0v) is 16.9. The fourth-order valence-electron chi connectivity index (χ4n) is 2.38. The van der Waals surface area contributed by atoms with Gasteiger partial charge in [-0.3, -0.25) is 5.10 Å². The summed E-state index contributed by atoms with van der Waals surface area (Å²) < 4.78 is 5.29. The van der Waals surface area contributed by atoms with Gasteiger partial charge in [0.15, 0.2) is 11.8 Å². The molecule has 0 aliphatic carbocycles. The summed E-state index contributed by atoms with van der Waals surface area (Å²) in [5.74, 6) is 2.48. The van der Waals surface area contributed by atoms with Crippen LogP contribution < -0.4 is 15.8 Å². The SMILES string of the molecule is COc1ccccc1NC(N)=NCc1cccc(-c2n[nH]c(C)n2)c1.I. The number of aryl methyl sites for hydroxylation is 1. The summed E-state index contributed by atoms with van der Waals surface area (Å²) in [7, 11) is 1.62. The lowest BCUT2D eigenvalue weighted by molar-refractivity contribution is 0.417. The number of nitrogens with two attached hydrogens (primary N) is 1. The number of aromatic nitrogens is 3. The molecule has 1 aromatic heterocycles. The number of ether oxygens (including phenoxy) is 1. The number of guanidine groups is 1. The summed E-state index contributed by atoms with van der Waals surface area (Å²) in [6.45, 7) is 2.32.